The number of nitrogens with one attached hydrogen (secondary N) is 1. The highest BCUT2D eigenvalue weighted by Crippen LogP contribution is 2.15. The lowest BCUT2D eigenvalue weighted by Gasteiger charge is -2.14. The quantitative estimate of drug-likeness (QED) is 0.875. The number of amides is 1. The van der Waals surface area contributed by atoms with Gasteiger partial charge in [0.2, 0.25) is 0 Å². The first-order chi connectivity index (χ1) is 11.4. The molecule has 1 N–H and O–H groups in total. The molecule has 0 radical (unpaired) electrons. The molecule has 5 nitrogen and oxygen atoms in total. The second kappa shape index (κ2) is 7.42. The van der Waals surface area contributed by atoms with Crippen LogP contribution in [0.2, 0.25) is 0 Å². The Morgan fingerprint density at radius 2 is 1.75 bits per heavy atom. The lowest BCUT2D eigenvalue weighted by molar-refractivity contribution is -0.123. The van der Waals surface area contributed by atoms with Gasteiger partial charge in [-0.3, -0.25) is 4.79 Å². The predicted octanol–water partition coefficient (Wildman–Crippen LogP) is 3.36. The van der Waals surface area contributed by atoms with Gasteiger partial charge in [0.15, 0.2) is 6.10 Å². The van der Waals surface area contributed by atoms with E-state index in [2.05, 4.69) is 5.32 Å². The average molecular weight is 322 g/mol. The van der Waals surface area contributed by atoms with E-state index in [4.69, 9.17) is 10.00 Å². The maximum absolute atomic E-state index is 12.2. The molecule has 0 unspecified atom stereocenters. The average Bonchev–Trinajstić information content (AvgIpc) is 2.54. The fourth-order valence-electron chi connectivity index (χ4n) is 2.30. The Hall–Kier alpha value is -3.13. The number of ether oxygens (including phenoxy) is 1. The molecule has 5 heteroatoms. The molecule has 2 rings (SSSR count). The minimum absolute atomic E-state index is 0.346. The summed E-state index contributed by atoms with van der Waals surface area (Å²) in [5, 5.41) is 11.6. The number of benzene rings is 2. The van der Waals surface area contributed by atoms with Crippen molar-refractivity contribution in [1.29, 1.82) is 5.26 Å². The second-order valence-corrected chi connectivity index (χ2v) is 5.57. The number of rotatable bonds is 4. The van der Waals surface area contributed by atoms with Crippen LogP contribution in [-0.2, 0) is 9.53 Å². The molecule has 2 aromatic carbocycles. The monoisotopic (exact) mass is 322 g/mol. The third kappa shape index (κ3) is 4.20. The number of anilines is 1. The zero-order valence-electron chi connectivity index (χ0n) is 13.8. The predicted molar refractivity (Wildman–Crippen MR) is 90.6 cm³/mol. The highest BCUT2D eigenvalue weighted by molar-refractivity contribution is 5.98. The van der Waals surface area contributed by atoms with Crippen LogP contribution in [0, 0.1) is 25.2 Å². The molecular weight excluding hydrogens is 304 g/mol. The molecular formula is C19H18N2O3. The smallest absolute Gasteiger partial charge is 0.338 e. The fraction of sp³-hybridized carbons (Fsp3) is 0.211. The van der Waals surface area contributed by atoms with Crippen LogP contribution < -0.4 is 5.32 Å². The number of nitrogens with zero attached hydrogens (tertiary/aromatic N) is 1. The summed E-state index contributed by atoms with van der Waals surface area (Å²) in [5.41, 5.74) is 3.03. The highest BCUT2D eigenvalue weighted by Gasteiger charge is 2.20. The molecule has 2 aromatic rings. The zero-order chi connectivity index (χ0) is 17.7. The van der Waals surface area contributed by atoms with Crippen LogP contribution in [0.3, 0.4) is 0 Å². The Morgan fingerprint density at radius 3 is 2.38 bits per heavy atom. The zero-order valence-corrected chi connectivity index (χ0v) is 13.8. The highest BCUT2D eigenvalue weighted by atomic mass is 16.5. The van der Waals surface area contributed by atoms with Gasteiger partial charge in [0.25, 0.3) is 5.91 Å². The van der Waals surface area contributed by atoms with Gasteiger partial charge in [-0.1, -0.05) is 29.3 Å². The molecule has 1 amide bonds. The maximum atomic E-state index is 12.2. The van der Waals surface area contributed by atoms with Crippen LogP contribution in [-0.4, -0.2) is 18.0 Å². The molecule has 0 saturated carbocycles. The molecule has 0 aliphatic rings. The van der Waals surface area contributed by atoms with Crippen LogP contribution in [0.15, 0.2) is 42.5 Å². The van der Waals surface area contributed by atoms with Gasteiger partial charge >= 0.3 is 5.97 Å². The van der Waals surface area contributed by atoms with Crippen molar-refractivity contribution in [1.82, 2.24) is 0 Å². The number of carbonyl (C=O) groups is 2. The molecule has 24 heavy (non-hydrogen) atoms. The first-order valence-corrected chi connectivity index (χ1v) is 7.50. The van der Waals surface area contributed by atoms with Crippen LogP contribution in [0.25, 0.3) is 0 Å². The van der Waals surface area contributed by atoms with Crippen LogP contribution in [0.5, 0.6) is 0 Å². The van der Waals surface area contributed by atoms with E-state index in [1.165, 1.54) is 6.92 Å². The molecule has 0 aliphatic heterocycles. The Morgan fingerprint density at radius 1 is 1.12 bits per heavy atom. The Bertz CT molecular complexity index is 801. The van der Waals surface area contributed by atoms with Crippen LogP contribution >= 0.6 is 0 Å². The Labute approximate surface area is 140 Å². The van der Waals surface area contributed by atoms with E-state index >= 15 is 0 Å². The molecule has 1 atom stereocenters. The first-order valence-electron chi connectivity index (χ1n) is 7.50. The van der Waals surface area contributed by atoms with E-state index < -0.39 is 18.0 Å². The number of hydrogen-bond acceptors (Lipinski definition) is 4. The molecule has 0 saturated heterocycles. The Balaban J connectivity index is 2.06. The normalized spacial score (nSPS) is 11.2. The summed E-state index contributed by atoms with van der Waals surface area (Å²) >= 11 is 0. The lowest BCUT2D eigenvalue weighted by Crippen LogP contribution is -2.30. The second-order valence-electron chi connectivity index (χ2n) is 5.57. The number of hydrogen-bond donors (Lipinski definition) is 1. The van der Waals surface area contributed by atoms with Crippen LogP contribution in [0.1, 0.15) is 34.0 Å². The topological polar surface area (TPSA) is 79.2 Å². The maximum Gasteiger partial charge on any atom is 0.338 e. The van der Waals surface area contributed by atoms with Crippen molar-refractivity contribution in [2.24, 2.45) is 0 Å². The molecule has 0 aromatic heterocycles. The summed E-state index contributed by atoms with van der Waals surface area (Å²) in [4.78, 5) is 24.4. The summed E-state index contributed by atoms with van der Waals surface area (Å²) in [7, 11) is 0. The molecule has 0 heterocycles. The van der Waals surface area contributed by atoms with Gasteiger partial charge in [0.1, 0.15) is 6.07 Å². The SMILES string of the molecule is Cc1cc(C)cc(C(=O)O[C@H](C)C(=O)Nc2ccccc2C#N)c1. The van der Waals surface area contributed by atoms with E-state index in [-0.39, 0.29) is 0 Å². The minimum Gasteiger partial charge on any atom is -0.449 e. The number of nitriles is 1. The Kier molecular flexibility index (Phi) is 5.33. The fourth-order valence-corrected chi connectivity index (χ4v) is 2.30. The van der Waals surface area contributed by atoms with Crippen molar-refractivity contribution in [2.75, 3.05) is 5.32 Å². The molecule has 0 aliphatic carbocycles. The van der Waals surface area contributed by atoms with Gasteiger partial charge < -0.3 is 10.1 Å². The van der Waals surface area contributed by atoms with Gasteiger partial charge in [0.05, 0.1) is 16.8 Å². The van der Waals surface area contributed by atoms with E-state index in [0.717, 1.165) is 11.1 Å². The van der Waals surface area contributed by atoms with Crippen molar-refractivity contribution >= 4 is 17.6 Å². The third-order valence-corrected chi connectivity index (χ3v) is 3.42. The van der Waals surface area contributed by atoms with Gasteiger partial charge in [-0.15, -0.1) is 0 Å². The number of aryl methyl sites for hydroxylation is 2. The summed E-state index contributed by atoms with van der Waals surface area (Å²) in [6.07, 6.45) is -0.981. The summed E-state index contributed by atoms with van der Waals surface area (Å²) in [5.74, 6) is -1.05. The van der Waals surface area contributed by atoms with E-state index in [1.807, 2.05) is 26.0 Å². The van der Waals surface area contributed by atoms with Gasteiger partial charge in [-0.2, -0.15) is 5.26 Å². The lowest BCUT2D eigenvalue weighted by atomic mass is 10.1. The first kappa shape index (κ1) is 17.2. The van der Waals surface area contributed by atoms with Crippen molar-refractivity contribution in [3.8, 4) is 6.07 Å². The van der Waals surface area contributed by atoms with Gasteiger partial charge in [-0.05, 0) is 45.0 Å². The third-order valence-electron chi connectivity index (χ3n) is 3.42. The largest absolute Gasteiger partial charge is 0.449 e. The van der Waals surface area contributed by atoms with E-state index in [9.17, 15) is 9.59 Å². The van der Waals surface area contributed by atoms with Gasteiger partial charge in [-0.25, -0.2) is 4.79 Å². The summed E-state index contributed by atoms with van der Waals surface area (Å²) in [6.45, 7) is 5.27. The van der Waals surface area contributed by atoms with E-state index in [1.54, 1.807) is 36.4 Å². The molecule has 0 fully saturated rings. The standard InChI is InChI=1S/C19H18N2O3/c1-12-8-13(2)10-16(9-12)19(23)24-14(3)18(22)21-17-7-5-4-6-15(17)11-20/h4-10,14H,1-3H3,(H,21,22)/t14-/m1/s1. The van der Waals surface area contributed by atoms with Crippen molar-refractivity contribution in [3.63, 3.8) is 0 Å². The van der Waals surface area contributed by atoms with Crippen LogP contribution in [0.4, 0.5) is 5.69 Å². The molecule has 122 valence electrons. The van der Waals surface area contributed by atoms with Crippen molar-refractivity contribution in [3.05, 3.63) is 64.7 Å². The van der Waals surface area contributed by atoms with Crippen molar-refractivity contribution < 1.29 is 14.3 Å². The molecule has 0 spiro atoms. The molecule has 0 bridgehead atoms. The number of para-hydroxylation sites is 1. The van der Waals surface area contributed by atoms with E-state index in [0.29, 0.717) is 16.8 Å². The summed E-state index contributed by atoms with van der Waals surface area (Å²) < 4.78 is 5.22. The number of esters is 1. The minimum atomic E-state index is -0.981. The summed E-state index contributed by atoms with van der Waals surface area (Å²) in [6, 6.07) is 14.0. The van der Waals surface area contributed by atoms with Crippen molar-refractivity contribution in [2.45, 2.75) is 26.9 Å². The number of carbonyl (C=O) groups excluding carboxylic acids is 2. The van der Waals surface area contributed by atoms with Gasteiger partial charge in [0, 0.05) is 0 Å².